The molecule has 1 aromatic carbocycles. The Morgan fingerprint density at radius 2 is 1.75 bits per heavy atom. The molecule has 1 saturated heterocycles. The lowest BCUT2D eigenvalue weighted by Crippen LogP contribution is -2.32. The van der Waals surface area contributed by atoms with Crippen LogP contribution in [0.1, 0.15) is 21.5 Å². The third-order valence-corrected chi connectivity index (χ3v) is 5.17. The van der Waals surface area contributed by atoms with E-state index in [1.54, 1.807) is 17.3 Å². The van der Waals surface area contributed by atoms with Gasteiger partial charge in [0.05, 0.1) is 0 Å². The van der Waals surface area contributed by atoms with Gasteiger partial charge in [-0.05, 0) is 35.4 Å². The highest BCUT2D eigenvalue weighted by molar-refractivity contribution is 7.99. The third kappa shape index (κ3) is 4.58. The first-order chi connectivity index (χ1) is 11.7. The predicted octanol–water partition coefficient (Wildman–Crippen LogP) is 2.90. The number of amides is 1. The first-order valence-corrected chi connectivity index (χ1v) is 9.41. The summed E-state index contributed by atoms with van der Waals surface area (Å²) in [6.45, 7) is 3.87. The van der Waals surface area contributed by atoms with Crippen molar-refractivity contribution in [2.75, 3.05) is 31.6 Å². The molecule has 126 valence electrons. The zero-order valence-corrected chi connectivity index (χ0v) is 14.8. The zero-order chi connectivity index (χ0) is 16.8. The number of carbonyl (C=O) groups excluding carboxylic acids is 1. The standard InChI is InChI=1S/C19H23N3OS/c1-21(14-17-6-8-20-9-7-17)19(23)18-4-2-16(3-5-18)15-22-10-12-24-13-11-22/h2-9H,10-15H2,1H3. The maximum atomic E-state index is 12.5. The number of carbonyl (C=O) groups is 1. The Balaban J connectivity index is 1.58. The summed E-state index contributed by atoms with van der Waals surface area (Å²) in [6.07, 6.45) is 3.50. The molecule has 24 heavy (non-hydrogen) atoms. The molecule has 1 amide bonds. The summed E-state index contributed by atoms with van der Waals surface area (Å²) < 4.78 is 0. The maximum absolute atomic E-state index is 12.5. The Bertz CT molecular complexity index is 654. The van der Waals surface area contributed by atoms with Crippen LogP contribution >= 0.6 is 11.8 Å². The Kier molecular flexibility index (Phi) is 5.88. The zero-order valence-electron chi connectivity index (χ0n) is 14.0. The molecule has 4 nitrogen and oxygen atoms in total. The number of hydrogen-bond donors (Lipinski definition) is 0. The van der Waals surface area contributed by atoms with Crippen LogP contribution in [0.5, 0.6) is 0 Å². The molecule has 0 spiro atoms. The van der Waals surface area contributed by atoms with E-state index >= 15 is 0 Å². The quantitative estimate of drug-likeness (QED) is 0.838. The summed E-state index contributed by atoms with van der Waals surface area (Å²) in [5.74, 6) is 2.49. The predicted molar refractivity (Wildman–Crippen MR) is 99.1 cm³/mol. The number of aromatic nitrogens is 1. The van der Waals surface area contributed by atoms with Crippen molar-refractivity contribution >= 4 is 17.7 Å². The van der Waals surface area contributed by atoms with Gasteiger partial charge < -0.3 is 4.90 Å². The Morgan fingerprint density at radius 1 is 1.08 bits per heavy atom. The second kappa shape index (κ2) is 8.31. The molecule has 2 heterocycles. The molecule has 0 aliphatic carbocycles. The van der Waals surface area contributed by atoms with E-state index in [0.29, 0.717) is 6.54 Å². The minimum Gasteiger partial charge on any atom is -0.337 e. The van der Waals surface area contributed by atoms with Gasteiger partial charge in [0.15, 0.2) is 0 Å². The van der Waals surface area contributed by atoms with Crippen molar-refractivity contribution in [3.05, 3.63) is 65.5 Å². The van der Waals surface area contributed by atoms with Crippen molar-refractivity contribution in [2.24, 2.45) is 0 Å². The molecule has 1 fully saturated rings. The molecule has 0 saturated carbocycles. The van der Waals surface area contributed by atoms with E-state index in [2.05, 4.69) is 22.0 Å². The molecule has 0 bridgehead atoms. The first-order valence-electron chi connectivity index (χ1n) is 8.26. The second-order valence-corrected chi connectivity index (χ2v) is 7.33. The number of pyridine rings is 1. The van der Waals surface area contributed by atoms with Gasteiger partial charge in [-0.1, -0.05) is 12.1 Å². The van der Waals surface area contributed by atoms with Crippen LogP contribution < -0.4 is 0 Å². The van der Waals surface area contributed by atoms with Gasteiger partial charge in [0.2, 0.25) is 0 Å². The molecule has 1 aliphatic heterocycles. The van der Waals surface area contributed by atoms with Gasteiger partial charge in [-0.25, -0.2) is 0 Å². The molecule has 1 aliphatic rings. The highest BCUT2D eigenvalue weighted by atomic mass is 32.2. The Labute approximate surface area is 147 Å². The van der Waals surface area contributed by atoms with Crippen LogP contribution in [0.4, 0.5) is 0 Å². The summed E-state index contributed by atoms with van der Waals surface area (Å²) in [5.41, 5.74) is 3.10. The van der Waals surface area contributed by atoms with E-state index < -0.39 is 0 Å². The van der Waals surface area contributed by atoms with Gasteiger partial charge >= 0.3 is 0 Å². The van der Waals surface area contributed by atoms with Gasteiger partial charge in [-0.15, -0.1) is 0 Å². The lowest BCUT2D eigenvalue weighted by atomic mass is 10.1. The van der Waals surface area contributed by atoms with Gasteiger partial charge in [-0.2, -0.15) is 11.8 Å². The molecule has 0 radical (unpaired) electrons. The molecule has 0 unspecified atom stereocenters. The average Bonchev–Trinajstić information content (AvgIpc) is 2.63. The summed E-state index contributed by atoms with van der Waals surface area (Å²) in [7, 11) is 1.84. The van der Waals surface area contributed by atoms with E-state index in [1.165, 1.54) is 17.1 Å². The van der Waals surface area contributed by atoms with Crippen LogP contribution in [0.15, 0.2) is 48.8 Å². The largest absolute Gasteiger partial charge is 0.337 e. The second-order valence-electron chi connectivity index (χ2n) is 6.10. The number of hydrogen-bond acceptors (Lipinski definition) is 4. The summed E-state index contributed by atoms with van der Waals surface area (Å²) >= 11 is 2.02. The molecule has 5 heteroatoms. The topological polar surface area (TPSA) is 36.4 Å². The van der Waals surface area contributed by atoms with E-state index in [9.17, 15) is 4.79 Å². The van der Waals surface area contributed by atoms with E-state index in [0.717, 1.165) is 30.8 Å². The van der Waals surface area contributed by atoms with E-state index in [1.807, 2.05) is 43.1 Å². The highest BCUT2D eigenvalue weighted by Crippen LogP contribution is 2.14. The van der Waals surface area contributed by atoms with Crippen molar-refractivity contribution in [3.8, 4) is 0 Å². The number of nitrogens with zero attached hydrogens (tertiary/aromatic N) is 3. The van der Waals surface area contributed by atoms with Crippen LogP contribution in [-0.2, 0) is 13.1 Å². The molecule has 1 aromatic heterocycles. The molecular formula is C19H23N3OS. The third-order valence-electron chi connectivity index (χ3n) is 4.23. The normalized spacial score (nSPS) is 15.2. The van der Waals surface area contributed by atoms with Gasteiger partial charge in [0.1, 0.15) is 0 Å². The minimum atomic E-state index is 0.0488. The van der Waals surface area contributed by atoms with Crippen LogP contribution in [0.25, 0.3) is 0 Å². The Morgan fingerprint density at radius 3 is 2.42 bits per heavy atom. The highest BCUT2D eigenvalue weighted by Gasteiger charge is 2.13. The fourth-order valence-electron chi connectivity index (χ4n) is 2.82. The van der Waals surface area contributed by atoms with Gasteiger partial charge in [-0.3, -0.25) is 14.7 Å². The summed E-state index contributed by atoms with van der Waals surface area (Å²) in [4.78, 5) is 20.8. The van der Waals surface area contributed by atoms with E-state index in [-0.39, 0.29) is 5.91 Å². The average molecular weight is 341 g/mol. The lowest BCUT2D eigenvalue weighted by Gasteiger charge is -2.26. The first kappa shape index (κ1) is 17.0. The fourth-order valence-corrected chi connectivity index (χ4v) is 3.80. The smallest absolute Gasteiger partial charge is 0.253 e. The number of thioether (sulfide) groups is 1. The van der Waals surface area contributed by atoms with Crippen LogP contribution in [-0.4, -0.2) is 52.3 Å². The molecule has 2 aromatic rings. The molecule has 0 atom stereocenters. The monoisotopic (exact) mass is 341 g/mol. The van der Waals surface area contributed by atoms with Crippen LogP contribution in [0.2, 0.25) is 0 Å². The van der Waals surface area contributed by atoms with Crippen molar-refractivity contribution < 1.29 is 4.79 Å². The van der Waals surface area contributed by atoms with Crippen molar-refractivity contribution in [3.63, 3.8) is 0 Å². The Hall–Kier alpha value is -1.85. The fraction of sp³-hybridized carbons (Fsp3) is 0.368. The van der Waals surface area contributed by atoms with Crippen molar-refractivity contribution in [1.82, 2.24) is 14.8 Å². The van der Waals surface area contributed by atoms with Crippen LogP contribution in [0.3, 0.4) is 0 Å². The maximum Gasteiger partial charge on any atom is 0.253 e. The molecule has 3 rings (SSSR count). The van der Waals surface area contributed by atoms with Crippen molar-refractivity contribution in [1.29, 1.82) is 0 Å². The van der Waals surface area contributed by atoms with Crippen molar-refractivity contribution in [2.45, 2.75) is 13.1 Å². The molecule has 0 N–H and O–H groups in total. The van der Waals surface area contributed by atoms with Crippen LogP contribution in [0, 0.1) is 0 Å². The molecular weight excluding hydrogens is 318 g/mol. The SMILES string of the molecule is CN(Cc1ccncc1)C(=O)c1ccc(CN2CCSCC2)cc1. The number of rotatable bonds is 5. The van der Waals surface area contributed by atoms with Gasteiger partial charge in [0, 0.05) is 62.7 Å². The van der Waals surface area contributed by atoms with Gasteiger partial charge in [0.25, 0.3) is 5.91 Å². The lowest BCUT2D eigenvalue weighted by molar-refractivity contribution is 0.0785. The minimum absolute atomic E-state index is 0.0488. The number of benzene rings is 1. The summed E-state index contributed by atoms with van der Waals surface area (Å²) in [5, 5.41) is 0. The van der Waals surface area contributed by atoms with E-state index in [4.69, 9.17) is 0 Å². The summed E-state index contributed by atoms with van der Waals surface area (Å²) in [6, 6.07) is 11.9.